The van der Waals surface area contributed by atoms with Gasteiger partial charge in [-0.1, -0.05) is 19.1 Å². The second-order valence-electron chi connectivity index (χ2n) is 4.52. The average molecular weight is 201 g/mol. The average Bonchev–Trinajstić information content (AvgIpc) is 2.57. The summed E-state index contributed by atoms with van der Waals surface area (Å²) in [7, 11) is 0. The predicted molar refractivity (Wildman–Crippen MR) is 61.9 cm³/mol. The van der Waals surface area contributed by atoms with E-state index in [0.29, 0.717) is 6.04 Å². The number of aromatic amines is 1. The lowest BCUT2D eigenvalue weighted by molar-refractivity contribution is 0.308. The molecule has 1 saturated carbocycles. The lowest BCUT2D eigenvalue weighted by atomic mass is 9.82. The van der Waals surface area contributed by atoms with Crippen molar-refractivity contribution in [2.24, 2.45) is 5.92 Å². The molecule has 2 aromatic rings. The molecule has 0 bridgehead atoms. The van der Waals surface area contributed by atoms with Crippen LogP contribution in [0.4, 0.5) is 5.95 Å². The van der Waals surface area contributed by atoms with Crippen molar-refractivity contribution in [3.05, 3.63) is 24.3 Å². The highest BCUT2D eigenvalue weighted by molar-refractivity contribution is 5.77. The summed E-state index contributed by atoms with van der Waals surface area (Å²) in [5.41, 5.74) is 2.14. The highest BCUT2D eigenvalue weighted by Gasteiger charge is 2.25. The molecule has 3 heteroatoms. The van der Waals surface area contributed by atoms with Crippen LogP contribution in [0.1, 0.15) is 19.8 Å². The van der Waals surface area contributed by atoms with Crippen molar-refractivity contribution >= 4 is 17.0 Å². The Hall–Kier alpha value is -1.51. The van der Waals surface area contributed by atoms with E-state index in [0.717, 1.165) is 22.9 Å². The minimum Gasteiger partial charge on any atom is -0.353 e. The van der Waals surface area contributed by atoms with Crippen molar-refractivity contribution in [3.8, 4) is 0 Å². The van der Waals surface area contributed by atoms with Gasteiger partial charge in [0.1, 0.15) is 0 Å². The van der Waals surface area contributed by atoms with E-state index < -0.39 is 0 Å². The van der Waals surface area contributed by atoms with Crippen LogP contribution < -0.4 is 5.32 Å². The number of hydrogen-bond acceptors (Lipinski definition) is 2. The summed E-state index contributed by atoms with van der Waals surface area (Å²) in [6.45, 7) is 2.29. The minimum absolute atomic E-state index is 0.612. The zero-order chi connectivity index (χ0) is 10.3. The minimum atomic E-state index is 0.612. The third-order valence-corrected chi connectivity index (χ3v) is 3.10. The second-order valence-corrected chi connectivity index (χ2v) is 4.52. The Balaban J connectivity index is 1.80. The first-order valence-corrected chi connectivity index (χ1v) is 5.52. The number of aromatic nitrogens is 2. The number of imidazole rings is 1. The van der Waals surface area contributed by atoms with E-state index >= 15 is 0 Å². The molecule has 0 saturated heterocycles. The fraction of sp³-hybridized carbons (Fsp3) is 0.417. The molecule has 3 nitrogen and oxygen atoms in total. The monoisotopic (exact) mass is 201 g/mol. The van der Waals surface area contributed by atoms with E-state index in [1.54, 1.807) is 0 Å². The van der Waals surface area contributed by atoms with Gasteiger partial charge in [0.2, 0.25) is 5.95 Å². The number of nitrogens with one attached hydrogen (secondary N) is 2. The molecular weight excluding hydrogens is 186 g/mol. The van der Waals surface area contributed by atoms with Gasteiger partial charge in [0, 0.05) is 6.04 Å². The van der Waals surface area contributed by atoms with Gasteiger partial charge in [0.05, 0.1) is 11.0 Å². The Morgan fingerprint density at radius 3 is 2.87 bits per heavy atom. The fourth-order valence-corrected chi connectivity index (χ4v) is 2.23. The zero-order valence-electron chi connectivity index (χ0n) is 8.83. The molecule has 1 aliphatic rings. The van der Waals surface area contributed by atoms with Crippen molar-refractivity contribution in [1.82, 2.24) is 9.97 Å². The number of nitrogens with zero attached hydrogens (tertiary/aromatic N) is 1. The maximum Gasteiger partial charge on any atom is 0.201 e. The summed E-state index contributed by atoms with van der Waals surface area (Å²) in [6.07, 6.45) is 2.52. The van der Waals surface area contributed by atoms with Crippen molar-refractivity contribution < 1.29 is 0 Å². The highest BCUT2D eigenvalue weighted by Crippen LogP contribution is 2.29. The Kier molecular flexibility index (Phi) is 1.91. The van der Waals surface area contributed by atoms with Gasteiger partial charge in [0.25, 0.3) is 0 Å². The first-order chi connectivity index (χ1) is 7.31. The maximum absolute atomic E-state index is 4.49. The molecule has 1 aromatic carbocycles. The molecule has 3 rings (SSSR count). The van der Waals surface area contributed by atoms with Gasteiger partial charge in [0.15, 0.2) is 0 Å². The number of hydrogen-bond donors (Lipinski definition) is 2. The summed E-state index contributed by atoms with van der Waals surface area (Å²) in [4.78, 5) is 7.78. The largest absolute Gasteiger partial charge is 0.353 e. The molecule has 1 aliphatic carbocycles. The second kappa shape index (κ2) is 3.26. The lowest BCUT2D eigenvalue weighted by Crippen LogP contribution is -2.34. The van der Waals surface area contributed by atoms with Crippen LogP contribution in [-0.2, 0) is 0 Å². The standard InChI is InChI=1S/C12H15N3/c1-8-6-9(7-8)13-12-14-10-4-2-3-5-11(10)15-12/h2-5,8-9H,6-7H2,1H3,(H2,13,14,15). The Labute approximate surface area is 88.9 Å². The van der Waals surface area contributed by atoms with Crippen molar-refractivity contribution in [1.29, 1.82) is 0 Å². The predicted octanol–water partition coefficient (Wildman–Crippen LogP) is 2.77. The summed E-state index contributed by atoms with van der Waals surface area (Å²) in [5.74, 6) is 1.78. The van der Waals surface area contributed by atoms with Crippen LogP contribution in [0.5, 0.6) is 0 Å². The molecule has 0 radical (unpaired) electrons. The van der Waals surface area contributed by atoms with Crippen molar-refractivity contribution in [3.63, 3.8) is 0 Å². The van der Waals surface area contributed by atoms with Gasteiger partial charge in [-0.25, -0.2) is 4.98 Å². The highest BCUT2D eigenvalue weighted by atomic mass is 15.1. The van der Waals surface area contributed by atoms with Gasteiger partial charge >= 0.3 is 0 Å². The molecule has 78 valence electrons. The Bertz CT molecular complexity index is 435. The van der Waals surface area contributed by atoms with Gasteiger partial charge in [-0.2, -0.15) is 0 Å². The number of para-hydroxylation sites is 2. The number of anilines is 1. The first-order valence-electron chi connectivity index (χ1n) is 5.52. The molecule has 0 unspecified atom stereocenters. The molecule has 0 amide bonds. The van der Waals surface area contributed by atoms with Gasteiger partial charge < -0.3 is 10.3 Å². The van der Waals surface area contributed by atoms with Gasteiger partial charge in [-0.3, -0.25) is 0 Å². The Morgan fingerprint density at radius 2 is 2.13 bits per heavy atom. The number of H-pyrrole nitrogens is 1. The summed E-state index contributed by atoms with van der Waals surface area (Å²) >= 11 is 0. The van der Waals surface area contributed by atoms with Crippen molar-refractivity contribution in [2.75, 3.05) is 5.32 Å². The van der Waals surface area contributed by atoms with Crippen LogP contribution in [0.25, 0.3) is 11.0 Å². The lowest BCUT2D eigenvalue weighted by Gasteiger charge is -2.33. The Morgan fingerprint density at radius 1 is 1.33 bits per heavy atom. The topological polar surface area (TPSA) is 40.7 Å². The van der Waals surface area contributed by atoms with Crippen LogP contribution in [0.2, 0.25) is 0 Å². The third kappa shape index (κ3) is 1.58. The van der Waals surface area contributed by atoms with Crippen LogP contribution in [0.3, 0.4) is 0 Å². The maximum atomic E-state index is 4.49. The molecule has 0 aliphatic heterocycles. The normalized spacial score (nSPS) is 25.1. The number of fused-ring (bicyclic) bond motifs is 1. The van der Waals surface area contributed by atoms with Crippen molar-refractivity contribution in [2.45, 2.75) is 25.8 Å². The quantitative estimate of drug-likeness (QED) is 0.784. The molecule has 15 heavy (non-hydrogen) atoms. The summed E-state index contributed by atoms with van der Waals surface area (Å²) in [6, 6.07) is 8.73. The smallest absolute Gasteiger partial charge is 0.201 e. The molecular formula is C12H15N3. The SMILES string of the molecule is CC1CC(Nc2nc3ccccc3[nH]2)C1. The summed E-state index contributed by atoms with van der Waals surface area (Å²) < 4.78 is 0. The molecule has 0 atom stereocenters. The van der Waals surface area contributed by atoms with Gasteiger partial charge in [-0.05, 0) is 30.9 Å². The first kappa shape index (κ1) is 8.77. The van der Waals surface area contributed by atoms with E-state index in [1.165, 1.54) is 12.8 Å². The van der Waals surface area contributed by atoms with Crippen LogP contribution in [-0.4, -0.2) is 16.0 Å². The molecule has 1 aromatic heterocycles. The van der Waals surface area contributed by atoms with Gasteiger partial charge in [-0.15, -0.1) is 0 Å². The molecule has 0 spiro atoms. The number of benzene rings is 1. The molecule has 1 heterocycles. The van der Waals surface area contributed by atoms with E-state index in [1.807, 2.05) is 18.2 Å². The van der Waals surface area contributed by atoms with E-state index in [9.17, 15) is 0 Å². The fourth-order valence-electron chi connectivity index (χ4n) is 2.23. The van der Waals surface area contributed by atoms with Crippen LogP contribution in [0.15, 0.2) is 24.3 Å². The van der Waals surface area contributed by atoms with E-state index in [2.05, 4.69) is 28.3 Å². The number of rotatable bonds is 2. The zero-order valence-corrected chi connectivity index (χ0v) is 8.83. The summed E-state index contributed by atoms with van der Waals surface area (Å²) in [5, 5.41) is 3.43. The van der Waals surface area contributed by atoms with Crippen LogP contribution in [0, 0.1) is 5.92 Å². The third-order valence-electron chi connectivity index (χ3n) is 3.10. The van der Waals surface area contributed by atoms with E-state index in [-0.39, 0.29) is 0 Å². The van der Waals surface area contributed by atoms with E-state index in [4.69, 9.17) is 0 Å². The molecule has 2 N–H and O–H groups in total. The van der Waals surface area contributed by atoms with Crippen LogP contribution >= 0.6 is 0 Å². The molecule has 1 fully saturated rings.